The molecule has 0 bridgehead atoms. The summed E-state index contributed by atoms with van der Waals surface area (Å²) in [5, 5.41) is 3.05. The molecule has 1 aromatic rings. The van der Waals surface area contributed by atoms with Gasteiger partial charge in [-0.05, 0) is 72.9 Å². The summed E-state index contributed by atoms with van der Waals surface area (Å²) in [6, 6.07) is 5.96. The molecule has 0 aromatic heterocycles. The number of aryl methyl sites for hydroxylation is 1. The second-order valence-corrected chi connectivity index (χ2v) is 7.96. The van der Waals surface area contributed by atoms with Crippen LogP contribution in [0, 0.1) is 22.3 Å². The predicted molar refractivity (Wildman–Crippen MR) is 100 cm³/mol. The molecule has 1 saturated heterocycles. The lowest BCUT2D eigenvalue weighted by Gasteiger charge is -2.34. The van der Waals surface area contributed by atoms with Crippen LogP contribution in [0.2, 0.25) is 0 Å². The van der Waals surface area contributed by atoms with E-state index < -0.39 is 0 Å². The highest BCUT2D eigenvalue weighted by Gasteiger charge is 2.21. The van der Waals surface area contributed by atoms with E-state index >= 15 is 0 Å². The van der Waals surface area contributed by atoms with Gasteiger partial charge in [0.2, 0.25) is 0 Å². The zero-order valence-corrected chi connectivity index (χ0v) is 16.0. The second kappa shape index (κ2) is 8.29. The van der Waals surface area contributed by atoms with Gasteiger partial charge < -0.3 is 10.2 Å². The lowest BCUT2D eigenvalue weighted by molar-refractivity contribution is 0.0946. The number of rotatable bonds is 5. The quantitative estimate of drug-likeness (QED) is 0.589. The SMILES string of the molecule is Cc1ccc(C(=O)NCCCN2C[C@H](C)C[C@@H](C)C2)c(I)c1. The van der Waals surface area contributed by atoms with E-state index in [1.54, 1.807) is 0 Å². The number of halogens is 1. The Bertz CT molecular complexity index is 508. The van der Waals surface area contributed by atoms with E-state index in [0.29, 0.717) is 0 Å². The van der Waals surface area contributed by atoms with E-state index in [1.165, 1.54) is 25.1 Å². The molecule has 22 heavy (non-hydrogen) atoms. The minimum absolute atomic E-state index is 0.0461. The Morgan fingerprint density at radius 2 is 2.00 bits per heavy atom. The van der Waals surface area contributed by atoms with Crippen molar-refractivity contribution in [3.63, 3.8) is 0 Å². The van der Waals surface area contributed by atoms with Crippen molar-refractivity contribution in [2.75, 3.05) is 26.2 Å². The van der Waals surface area contributed by atoms with Gasteiger partial charge in [0.05, 0.1) is 5.56 Å². The number of nitrogens with one attached hydrogen (secondary N) is 1. The van der Waals surface area contributed by atoms with Gasteiger partial charge in [0.25, 0.3) is 5.91 Å². The molecule has 0 unspecified atom stereocenters. The Balaban J connectivity index is 1.73. The minimum Gasteiger partial charge on any atom is -0.352 e. The number of piperidine rings is 1. The number of hydrogen-bond acceptors (Lipinski definition) is 2. The van der Waals surface area contributed by atoms with Crippen LogP contribution in [0.1, 0.15) is 42.6 Å². The number of carbonyl (C=O) groups is 1. The molecule has 1 aliphatic rings. The zero-order valence-electron chi connectivity index (χ0n) is 13.9. The summed E-state index contributed by atoms with van der Waals surface area (Å²) in [5.41, 5.74) is 1.97. The Labute approximate surface area is 148 Å². The average Bonchev–Trinajstić information content (AvgIpc) is 2.42. The van der Waals surface area contributed by atoms with Crippen LogP contribution < -0.4 is 5.32 Å². The van der Waals surface area contributed by atoms with Crippen molar-refractivity contribution in [3.05, 3.63) is 32.9 Å². The molecule has 3 nitrogen and oxygen atoms in total. The van der Waals surface area contributed by atoms with Gasteiger partial charge in [0.15, 0.2) is 0 Å². The largest absolute Gasteiger partial charge is 0.352 e. The van der Waals surface area contributed by atoms with Crippen molar-refractivity contribution in [1.29, 1.82) is 0 Å². The van der Waals surface area contributed by atoms with Gasteiger partial charge in [-0.15, -0.1) is 0 Å². The van der Waals surface area contributed by atoms with Crippen molar-refractivity contribution in [2.45, 2.75) is 33.6 Å². The lowest BCUT2D eigenvalue weighted by Crippen LogP contribution is -2.40. The van der Waals surface area contributed by atoms with Crippen molar-refractivity contribution in [1.82, 2.24) is 10.2 Å². The molecule has 1 amide bonds. The van der Waals surface area contributed by atoms with Gasteiger partial charge in [0, 0.05) is 23.2 Å². The Kier molecular flexibility index (Phi) is 6.68. The molecule has 0 saturated carbocycles. The maximum absolute atomic E-state index is 12.2. The number of nitrogens with zero attached hydrogens (tertiary/aromatic N) is 1. The van der Waals surface area contributed by atoms with E-state index in [0.717, 1.165) is 40.5 Å². The van der Waals surface area contributed by atoms with Crippen molar-refractivity contribution < 1.29 is 4.79 Å². The molecule has 1 heterocycles. The maximum atomic E-state index is 12.2. The van der Waals surface area contributed by atoms with E-state index in [4.69, 9.17) is 0 Å². The Morgan fingerprint density at radius 1 is 1.32 bits per heavy atom. The van der Waals surface area contributed by atoms with Crippen LogP contribution in [0.4, 0.5) is 0 Å². The molecule has 1 N–H and O–H groups in total. The molecule has 122 valence electrons. The van der Waals surface area contributed by atoms with Crippen LogP contribution in [0.3, 0.4) is 0 Å². The summed E-state index contributed by atoms with van der Waals surface area (Å²) in [5.74, 6) is 1.64. The first-order chi connectivity index (χ1) is 10.5. The molecular formula is C18H27IN2O. The summed E-state index contributed by atoms with van der Waals surface area (Å²) in [6.45, 7) is 11.0. The van der Waals surface area contributed by atoms with Crippen LogP contribution in [-0.2, 0) is 0 Å². The highest BCUT2D eigenvalue weighted by atomic mass is 127. The smallest absolute Gasteiger partial charge is 0.252 e. The Morgan fingerprint density at radius 3 is 2.64 bits per heavy atom. The fourth-order valence-corrected chi connectivity index (χ4v) is 4.29. The molecule has 2 atom stereocenters. The fraction of sp³-hybridized carbons (Fsp3) is 0.611. The standard InChI is InChI=1S/C18H27IN2O/c1-13-5-6-16(17(19)10-13)18(22)20-7-4-8-21-11-14(2)9-15(3)12-21/h5-6,10,14-15H,4,7-9,11-12H2,1-3H3,(H,20,22)/t14-,15-/m1/s1. The third kappa shape index (κ3) is 5.23. The van der Waals surface area contributed by atoms with Crippen LogP contribution in [0.5, 0.6) is 0 Å². The first-order valence-electron chi connectivity index (χ1n) is 8.22. The van der Waals surface area contributed by atoms with Crippen LogP contribution in [-0.4, -0.2) is 37.0 Å². The van der Waals surface area contributed by atoms with Gasteiger partial charge >= 0.3 is 0 Å². The van der Waals surface area contributed by atoms with E-state index in [9.17, 15) is 4.79 Å². The Hall–Kier alpha value is -0.620. The highest BCUT2D eigenvalue weighted by Crippen LogP contribution is 2.20. The zero-order chi connectivity index (χ0) is 16.1. The van der Waals surface area contributed by atoms with E-state index in [1.807, 2.05) is 25.1 Å². The fourth-order valence-electron chi connectivity index (χ4n) is 3.38. The average molecular weight is 414 g/mol. The topological polar surface area (TPSA) is 32.3 Å². The monoisotopic (exact) mass is 414 g/mol. The normalized spacial score (nSPS) is 22.5. The number of likely N-dealkylation sites (tertiary alicyclic amines) is 1. The van der Waals surface area contributed by atoms with Crippen molar-refractivity contribution in [2.24, 2.45) is 11.8 Å². The van der Waals surface area contributed by atoms with Gasteiger partial charge in [-0.3, -0.25) is 4.79 Å². The number of benzene rings is 1. The van der Waals surface area contributed by atoms with Gasteiger partial charge in [0.1, 0.15) is 0 Å². The third-order valence-corrected chi connectivity index (χ3v) is 5.14. The van der Waals surface area contributed by atoms with Crippen LogP contribution in [0.15, 0.2) is 18.2 Å². The van der Waals surface area contributed by atoms with E-state index in [-0.39, 0.29) is 5.91 Å². The molecular weight excluding hydrogens is 387 g/mol. The molecule has 1 fully saturated rings. The van der Waals surface area contributed by atoms with Crippen LogP contribution in [0.25, 0.3) is 0 Å². The summed E-state index contributed by atoms with van der Waals surface area (Å²) >= 11 is 2.23. The summed E-state index contributed by atoms with van der Waals surface area (Å²) < 4.78 is 1.02. The first-order valence-corrected chi connectivity index (χ1v) is 9.30. The van der Waals surface area contributed by atoms with Crippen LogP contribution >= 0.6 is 22.6 Å². The highest BCUT2D eigenvalue weighted by molar-refractivity contribution is 14.1. The van der Waals surface area contributed by atoms with Crippen molar-refractivity contribution in [3.8, 4) is 0 Å². The molecule has 0 radical (unpaired) electrons. The van der Waals surface area contributed by atoms with E-state index in [2.05, 4.69) is 46.7 Å². The second-order valence-electron chi connectivity index (χ2n) is 6.80. The summed E-state index contributed by atoms with van der Waals surface area (Å²) in [6.07, 6.45) is 2.37. The minimum atomic E-state index is 0.0461. The summed E-state index contributed by atoms with van der Waals surface area (Å²) in [7, 11) is 0. The number of hydrogen-bond donors (Lipinski definition) is 1. The molecule has 0 spiro atoms. The molecule has 4 heteroatoms. The molecule has 0 aliphatic carbocycles. The van der Waals surface area contributed by atoms with Gasteiger partial charge in [-0.25, -0.2) is 0 Å². The van der Waals surface area contributed by atoms with Gasteiger partial charge in [-0.2, -0.15) is 0 Å². The predicted octanol–water partition coefficient (Wildman–Crippen LogP) is 3.70. The number of amides is 1. The molecule has 1 aromatic carbocycles. The third-order valence-electron chi connectivity index (χ3n) is 4.25. The first kappa shape index (κ1) is 17.7. The van der Waals surface area contributed by atoms with Crippen molar-refractivity contribution >= 4 is 28.5 Å². The molecule has 2 rings (SSSR count). The van der Waals surface area contributed by atoms with Gasteiger partial charge in [-0.1, -0.05) is 25.5 Å². The summed E-state index contributed by atoms with van der Waals surface area (Å²) in [4.78, 5) is 14.7. The lowest BCUT2D eigenvalue weighted by atomic mass is 9.92. The maximum Gasteiger partial charge on any atom is 0.252 e. The molecule has 1 aliphatic heterocycles. The number of carbonyl (C=O) groups excluding carboxylic acids is 1.